The molecule has 0 radical (unpaired) electrons. The summed E-state index contributed by atoms with van der Waals surface area (Å²) in [6.45, 7) is 5.14. The van der Waals surface area contributed by atoms with Crippen molar-refractivity contribution in [3.05, 3.63) is 40.0 Å². The number of halogens is 1. The SMILES string of the molecule is CCCNC(Cc1c(Br)c(C)nn1C)c1ccco1. The van der Waals surface area contributed by atoms with E-state index in [0.29, 0.717) is 0 Å². The summed E-state index contributed by atoms with van der Waals surface area (Å²) < 4.78 is 8.57. The Labute approximate surface area is 122 Å². The molecule has 4 nitrogen and oxygen atoms in total. The van der Waals surface area contributed by atoms with E-state index in [-0.39, 0.29) is 6.04 Å². The van der Waals surface area contributed by atoms with Crippen LogP contribution in [0.25, 0.3) is 0 Å². The molecule has 0 aliphatic rings. The molecule has 5 heteroatoms. The van der Waals surface area contributed by atoms with Crippen LogP contribution in [0.3, 0.4) is 0 Å². The molecule has 1 N–H and O–H groups in total. The summed E-state index contributed by atoms with van der Waals surface area (Å²) in [7, 11) is 1.98. The van der Waals surface area contributed by atoms with Crippen molar-refractivity contribution in [2.24, 2.45) is 7.05 Å². The van der Waals surface area contributed by atoms with E-state index in [2.05, 4.69) is 33.3 Å². The third-order valence-electron chi connectivity index (χ3n) is 3.19. The number of hydrogen-bond acceptors (Lipinski definition) is 3. The predicted octanol–water partition coefficient (Wildman–Crippen LogP) is 3.37. The molecule has 0 saturated carbocycles. The van der Waals surface area contributed by atoms with Crippen molar-refractivity contribution in [3.63, 3.8) is 0 Å². The van der Waals surface area contributed by atoms with E-state index in [0.717, 1.165) is 35.3 Å². The zero-order valence-corrected chi connectivity index (χ0v) is 13.2. The highest BCUT2D eigenvalue weighted by molar-refractivity contribution is 9.10. The van der Waals surface area contributed by atoms with Crippen LogP contribution in [0.4, 0.5) is 0 Å². The van der Waals surface area contributed by atoms with Gasteiger partial charge in [-0.15, -0.1) is 0 Å². The van der Waals surface area contributed by atoms with Crippen LogP contribution in [0, 0.1) is 6.92 Å². The monoisotopic (exact) mass is 325 g/mol. The number of hydrogen-bond donors (Lipinski definition) is 1. The van der Waals surface area contributed by atoms with Gasteiger partial charge < -0.3 is 9.73 Å². The number of nitrogens with one attached hydrogen (secondary N) is 1. The highest BCUT2D eigenvalue weighted by atomic mass is 79.9. The fraction of sp³-hybridized carbons (Fsp3) is 0.500. The van der Waals surface area contributed by atoms with Gasteiger partial charge in [0.05, 0.1) is 28.2 Å². The number of furan rings is 1. The third kappa shape index (κ3) is 3.28. The van der Waals surface area contributed by atoms with E-state index < -0.39 is 0 Å². The largest absolute Gasteiger partial charge is 0.468 e. The minimum Gasteiger partial charge on any atom is -0.468 e. The van der Waals surface area contributed by atoms with Gasteiger partial charge in [0.15, 0.2) is 0 Å². The summed E-state index contributed by atoms with van der Waals surface area (Å²) in [6.07, 6.45) is 3.67. The summed E-state index contributed by atoms with van der Waals surface area (Å²) in [4.78, 5) is 0. The van der Waals surface area contributed by atoms with Crippen LogP contribution in [0.5, 0.6) is 0 Å². The summed E-state index contributed by atoms with van der Waals surface area (Å²) >= 11 is 3.62. The van der Waals surface area contributed by atoms with Crippen molar-refractivity contribution in [1.82, 2.24) is 15.1 Å². The molecular weight excluding hydrogens is 306 g/mol. The van der Waals surface area contributed by atoms with E-state index in [1.807, 2.05) is 30.8 Å². The quantitative estimate of drug-likeness (QED) is 0.885. The van der Waals surface area contributed by atoms with Gasteiger partial charge in [0.1, 0.15) is 5.76 Å². The third-order valence-corrected chi connectivity index (χ3v) is 4.22. The van der Waals surface area contributed by atoms with E-state index in [9.17, 15) is 0 Å². The first kappa shape index (κ1) is 14.3. The Morgan fingerprint density at radius 2 is 2.32 bits per heavy atom. The number of rotatable bonds is 6. The Hall–Kier alpha value is -1.07. The molecule has 0 fully saturated rings. The first-order valence-electron chi connectivity index (χ1n) is 6.58. The van der Waals surface area contributed by atoms with Crippen molar-refractivity contribution in [2.45, 2.75) is 32.7 Å². The van der Waals surface area contributed by atoms with Gasteiger partial charge in [-0.05, 0) is 48.0 Å². The lowest BCUT2D eigenvalue weighted by molar-refractivity contribution is 0.404. The second-order valence-corrected chi connectivity index (χ2v) is 5.49. The van der Waals surface area contributed by atoms with Crippen LogP contribution in [0.1, 0.15) is 36.5 Å². The van der Waals surface area contributed by atoms with Gasteiger partial charge in [-0.25, -0.2) is 0 Å². The minimum atomic E-state index is 0.182. The molecule has 0 bridgehead atoms. The Morgan fingerprint density at radius 1 is 1.53 bits per heavy atom. The van der Waals surface area contributed by atoms with Crippen molar-refractivity contribution < 1.29 is 4.42 Å². The van der Waals surface area contributed by atoms with Crippen LogP contribution in [-0.4, -0.2) is 16.3 Å². The van der Waals surface area contributed by atoms with Crippen molar-refractivity contribution in [3.8, 4) is 0 Å². The average Bonchev–Trinajstić information content (AvgIpc) is 2.98. The van der Waals surface area contributed by atoms with Crippen molar-refractivity contribution >= 4 is 15.9 Å². The Kier molecular flexibility index (Phi) is 4.82. The molecule has 104 valence electrons. The highest BCUT2D eigenvalue weighted by Crippen LogP contribution is 2.26. The summed E-state index contributed by atoms with van der Waals surface area (Å²) in [5, 5.41) is 7.96. The van der Waals surface area contributed by atoms with Gasteiger partial charge in [-0.3, -0.25) is 4.68 Å². The average molecular weight is 326 g/mol. The maximum atomic E-state index is 5.54. The van der Waals surface area contributed by atoms with Gasteiger partial charge in [-0.1, -0.05) is 6.92 Å². The molecule has 1 atom stereocenters. The van der Waals surface area contributed by atoms with E-state index in [1.165, 1.54) is 5.69 Å². The maximum absolute atomic E-state index is 5.54. The van der Waals surface area contributed by atoms with E-state index in [1.54, 1.807) is 6.26 Å². The first-order chi connectivity index (χ1) is 9.13. The molecule has 2 heterocycles. The van der Waals surface area contributed by atoms with Crippen molar-refractivity contribution in [2.75, 3.05) is 6.54 Å². The second-order valence-electron chi connectivity index (χ2n) is 4.70. The number of nitrogens with zero attached hydrogens (tertiary/aromatic N) is 2. The van der Waals surface area contributed by atoms with Crippen LogP contribution >= 0.6 is 15.9 Å². The lowest BCUT2D eigenvalue weighted by atomic mass is 10.1. The maximum Gasteiger partial charge on any atom is 0.121 e. The molecule has 0 saturated heterocycles. The zero-order valence-electron chi connectivity index (χ0n) is 11.6. The van der Waals surface area contributed by atoms with Crippen LogP contribution in [0.2, 0.25) is 0 Å². The zero-order chi connectivity index (χ0) is 13.8. The van der Waals surface area contributed by atoms with Crippen LogP contribution in [-0.2, 0) is 13.5 Å². The fourth-order valence-electron chi connectivity index (χ4n) is 2.18. The topological polar surface area (TPSA) is 43.0 Å². The molecule has 0 aromatic carbocycles. The minimum absolute atomic E-state index is 0.182. The summed E-state index contributed by atoms with van der Waals surface area (Å²) in [5.74, 6) is 0.971. The molecule has 1 unspecified atom stereocenters. The summed E-state index contributed by atoms with van der Waals surface area (Å²) in [6, 6.07) is 4.13. The predicted molar refractivity (Wildman–Crippen MR) is 79.1 cm³/mol. The molecule has 0 spiro atoms. The lowest BCUT2D eigenvalue weighted by Crippen LogP contribution is -2.24. The smallest absolute Gasteiger partial charge is 0.121 e. The van der Waals surface area contributed by atoms with Gasteiger partial charge in [0.2, 0.25) is 0 Å². The lowest BCUT2D eigenvalue weighted by Gasteiger charge is -2.16. The van der Waals surface area contributed by atoms with E-state index in [4.69, 9.17) is 4.42 Å². The van der Waals surface area contributed by atoms with Gasteiger partial charge >= 0.3 is 0 Å². The Morgan fingerprint density at radius 3 is 2.84 bits per heavy atom. The van der Waals surface area contributed by atoms with Crippen LogP contribution in [0.15, 0.2) is 27.3 Å². The standard InChI is InChI=1S/C14H20BrN3O/c1-4-7-16-11(13-6-5-8-19-13)9-12-14(15)10(2)17-18(12)3/h5-6,8,11,16H,4,7,9H2,1-3H3. The Bertz CT molecular complexity index is 519. The molecular formula is C14H20BrN3O. The highest BCUT2D eigenvalue weighted by Gasteiger charge is 2.19. The van der Waals surface area contributed by atoms with Gasteiger partial charge in [-0.2, -0.15) is 5.10 Å². The molecule has 2 rings (SSSR count). The fourth-order valence-corrected chi connectivity index (χ4v) is 2.67. The summed E-state index contributed by atoms with van der Waals surface area (Å²) in [5.41, 5.74) is 2.20. The van der Waals surface area contributed by atoms with Gasteiger partial charge in [0, 0.05) is 13.5 Å². The molecule has 0 amide bonds. The van der Waals surface area contributed by atoms with Crippen LogP contribution < -0.4 is 5.32 Å². The molecule has 19 heavy (non-hydrogen) atoms. The normalized spacial score (nSPS) is 12.8. The number of aryl methyl sites for hydroxylation is 2. The molecule has 2 aromatic rings. The Balaban J connectivity index is 2.20. The molecule has 2 aromatic heterocycles. The van der Waals surface area contributed by atoms with Crippen molar-refractivity contribution in [1.29, 1.82) is 0 Å². The first-order valence-corrected chi connectivity index (χ1v) is 7.37. The molecule has 0 aliphatic heterocycles. The van der Waals surface area contributed by atoms with E-state index >= 15 is 0 Å². The second kappa shape index (κ2) is 6.39. The number of aromatic nitrogens is 2. The van der Waals surface area contributed by atoms with Gasteiger partial charge in [0.25, 0.3) is 0 Å². The molecule has 0 aliphatic carbocycles.